The molecule has 0 saturated carbocycles. The van der Waals surface area contributed by atoms with Crippen molar-refractivity contribution in [3.63, 3.8) is 0 Å². The van der Waals surface area contributed by atoms with Gasteiger partial charge in [-0.2, -0.15) is 0 Å². The molecular formula is C24H29N2O5+. The summed E-state index contributed by atoms with van der Waals surface area (Å²) in [5, 5.41) is 11.0. The number of ether oxygens (including phenoxy) is 2. The maximum atomic E-state index is 13.0. The summed E-state index contributed by atoms with van der Waals surface area (Å²) in [5.74, 6) is -0.152. The van der Waals surface area contributed by atoms with E-state index in [9.17, 15) is 14.7 Å². The largest absolute Gasteiger partial charge is 0.507 e. The van der Waals surface area contributed by atoms with E-state index in [0.717, 1.165) is 18.5 Å². The molecule has 2 aromatic carbocycles. The molecular weight excluding hydrogens is 396 g/mol. The lowest BCUT2D eigenvalue weighted by Crippen LogP contribution is -3.05. The van der Waals surface area contributed by atoms with E-state index in [1.165, 1.54) is 4.90 Å². The number of carbonyl (C=O) groups excluding carboxylic acids is 2. The molecule has 0 aliphatic carbocycles. The summed E-state index contributed by atoms with van der Waals surface area (Å²) >= 11 is 0. The number of ketones is 1. The van der Waals surface area contributed by atoms with Gasteiger partial charge in [0.15, 0.2) is 0 Å². The van der Waals surface area contributed by atoms with E-state index in [1.807, 2.05) is 26.2 Å². The van der Waals surface area contributed by atoms with Crippen LogP contribution in [0.1, 0.15) is 23.6 Å². The average molecular weight is 426 g/mol. The van der Waals surface area contributed by atoms with Gasteiger partial charge in [0.2, 0.25) is 0 Å². The normalized spacial score (nSPS) is 18.0. The Bertz CT molecular complexity index is 964. The SMILES string of the molecule is COc1ccc(C(O)=C2C(=O)C(=O)N(CCC[NH+](C)C)C2c2ccc(OC)cc2)cc1. The summed E-state index contributed by atoms with van der Waals surface area (Å²) in [7, 11) is 7.21. The maximum absolute atomic E-state index is 13.0. The lowest BCUT2D eigenvalue weighted by atomic mass is 9.95. The second kappa shape index (κ2) is 9.66. The Morgan fingerprint density at radius 2 is 1.52 bits per heavy atom. The summed E-state index contributed by atoms with van der Waals surface area (Å²) in [4.78, 5) is 28.7. The van der Waals surface area contributed by atoms with Crippen LogP contribution >= 0.6 is 0 Å². The van der Waals surface area contributed by atoms with Gasteiger partial charge in [-0.05, 0) is 42.0 Å². The second-order valence-electron chi connectivity index (χ2n) is 7.80. The van der Waals surface area contributed by atoms with E-state index in [0.29, 0.717) is 23.6 Å². The zero-order valence-corrected chi connectivity index (χ0v) is 18.3. The molecule has 0 aromatic heterocycles. The molecule has 1 unspecified atom stereocenters. The molecule has 7 nitrogen and oxygen atoms in total. The van der Waals surface area contributed by atoms with Crippen molar-refractivity contribution in [2.75, 3.05) is 41.4 Å². The molecule has 2 N–H and O–H groups in total. The first-order valence-corrected chi connectivity index (χ1v) is 10.2. The number of nitrogens with one attached hydrogen (secondary N) is 1. The third kappa shape index (κ3) is 4.72. The van der Waals surface area contributed by atoms with Gasteiger partial charge in [-0.25, -0.2) is 0 Å². The Morgan fingerprint density at radius 3 is 2.03 bits per heavy atom. The second-order valence-corrected chi connectivity index (χ2v) is 7.80. The summed E-state index contributed by atoms with van der Waals surface area (Å²) in [5.41, 5.74) is 1.29. The van der Waals surface area contributed by atoms with Crippen molar-refractivity contribution in [1.82, 2.24) is 4.90 Å². The molecule has 1 heterocycles. The highest BCUT2D eigenvalue weighted by atomic mass is 16.5. The topological polar surface area (TPSA) is 80.5 Å². The minimum Gasteiger partial charge on any atom is -0.507 e. The number of likely N-dealkylation sites (tertiary alicyclic amines) is 1. The fourth-order valence-corrected chi connectivity index (χ4v) is 3.75. The Hall–Kier alpha value is -3.32. The zero-order chi connectivity index (χ0) is 22.5. The molecule has 31 heavy (non-hydrogen) atoms. The van der Waals surface area contributed by atoms with Gasteiger partial charge in [0.1, 0.15) is 17.3 Å². The number of Topliss-reactive ketones (excluding diaryl/α,β-unsaturated/α-hetero) is 1. The van der Waals surface area contributed by atoms with Crippen molar-refractivity contribution >= 4 is 17.4 Å². The highest BCUT2D eigenvalue weighted by Crippen LogP contribution is 2.40. The number of hydrogen-bond acceptors (Lipinski definition) is 5. The minimum absolute atomic E-state index is 0.0949. The van der Waals surface area contributed by atoms with E-state index < -0.39 is 17.7 Å². The summed E-state index contributed by atoms with van der Waals surface area (Å²) in [6.07, 6.45) is 0.741. The van der Waals surface area contributed by atoms with Gasteiger partial charge in [-0.1, -0.05) is 12.1 Å². The first kappa shape index (κ1) is 22.4. The quantitative estimate of drug-likeness (QED) is 0.382. The molecule has 1 aliphatic heterocycles. The van der Waals surface area contributed by atoms with Crippen molar-refractivity contribution in [1.29, 1.82) is 0 Å². The van der Waals surface area contributed by atoms with Crippen molar-refractivity contribution < 1.29 is 29.1 Å². The number of amides is 1. The van der Waals surface area contributed by atoms with Crippen LogP contribution in [-0.2, 0) is 9.59 Å². The number of aliphatic hydroxyl groups is 1. The number of hydrogen-bond donors (Lipinski definition) is 2. The van der Waals surface area contributed by atoms with Crippen molar-refractivity contribution in [3.8, 4) is 11.5 Å². The molecule has 0 spiro atoms. The van der Waals surface area contributed by atoms with Crippen LogP contribution in [0.15, 0.2) is 54.1 Å². The van der Waals surface area contributed by atoms with Gasteiger partial charge in [0.05, 0.1) is 46.5 Å². The molecule has 1 saturated heterocycles. The van der Waals surface area contributed by atoms with E-state index in [2.05, 4.69) is 0 Å². The average Bonchev–Trinajstić information content (AvgIpc) is 3.03. The predicted molar refractivity (Wildman–Crippen MR) is 117 cm³/mol. The fraction of sp³-hybridized carbons (Fsp3) is 0.333. The standard InChI is InChI=1S/C24H28N2O5/c1-25(2)14-5-15-26-21(16-6-10-18(30-3)11-7-16)20(23(28)24(26)29)22(27)17-8-12-19(31-4)13-9-17/h6-13,21,27H,5,14-15H2,1-4H3/p+1. The van der Waals surface area contributed by atoms with Crippen LogP contribution in [-0.4, -0.2) is 63.1 Å². The van der Waals surface area contributed by atoms with Crippen molar-refractivity contribution in [2.45, 2.75) is 12.5 Å². The van der Waals surface area contributed by atoms with Crippen LogP contribution in [0.4, 0.5) is 0 Å². The zero-order valence-electron chi connectivity index (χ0n) is 18.3. The molecule has 1 aliphatic rings. The Morgan fingerprint density at radius 1 is 0.968 bits per heavy atom. The fourth-order valence-electron chi connectivity index (χ4n) is 3.75. The predicted octanol–water partition coefficient (Wildman–Crippen LogP) is 1.66. The van der Waals surface area contributed by atoms with Gasteiger partial charge < -0.3 is 24.4 Å². The lowest BCUT2D eigenvalue weighted by molar-refractivity contribution is -0.858. The number of nitrogens with zero attached hydrogens (tertiary/aromatic N) is 1. The monoisotopic (exact) mass is 425 g/mol. The van der Waals surface area contributed by atoms with Gasteiger partial charge in [0, 0.05) is 18.5 Å². The molecule has 1 atom stereocenters. The van der Waals surface area contributed by atoms with Crippen LogP contribution in [0.25, 0.3) is 5.76 Å². The molecule has 164 valence electrons. The van der Waals surface area contributed by atoms with Crippen LogP contribution in [0.5, 0.6) is 11.5 Å². The molecule has 2 aromatic rings. The molecule has 0 radical (unpaired) electrons. The van der Waals surface area contributed by atoms with Crippen LogP contribution in [0, 0.1) is 0 Å². The van der Waals surface area contributed by atoms with Crippen LogP contribution in [0.2, 0.25) is 0 Å². The number of quaternary nitrogens is 1. The van der Waals surface area contributed by atoms with E-state index in [4.69, 9.17) is 9.47 Å². The highest BCUT2D eigenvalue weighted by Gasteiger charge is 2.45. The Balaban J connectivity index is 2.06. The number of benzene rings is 2. The smallest absolute Gasteiger partial charge is 0.295 e. The van der Waals surface area contributed by atoms with Crippen LogP contribution < -0.4 is 14.4 Å². The van der Waals surface area contributed by atoms with Crippen molar-refractivity contribution in [3.05, 3.63) is 65.2 Å². The van der Waals surface area contributed by atoms with Crippen molar-refractivity contribution in [2.24, 2.45) is 0 Å². The van der Waals surface area contributed by atoms with E-state index in [-0.39, 0.29) is 11.3 Å². The highest BCUT2D eigenvalue weighted by molar-refractivity contribution is 6.46. The van der Waals surface area contributed by atoms with Gasteiger partial charge in [-0.15, -0.1) is 0 Å². The first-order valence-electron chi connectivity index (χ1n) is 10.2. The van der Waals surface area contributed by atoms with Crippen LogP contribution in [0.3, 0.4) is 0 Å². The number of methoxy groups -OCH3 is 2. The molecule has 1 amide bonds. The third-order valence-electron chi connectivity index (χ3n) is 5.41. The van der Waals surface area contributed by atoms with Gasteiger partial charge >= 0.3 is 0 Å². The molecule has 0 bridgehead atoms. The molecule has 7 heteroatoms. The Labute approximate surface area is 182 Å². The molecule has 1 fully saturated rings. The molecule has 3 rings (SSSR count). The first-order chi connectivity index (χ1) is 14.9. The minimum atomic E-state index is -0.675. The number of carbonyl (C=O) groups is 2. The number of aliphatic hydroxyl groups excluding tert-OH is 1. The summed E-state index contributed by atoms with van der Waals surface area (Å²) < 4.78 is 10.4. The van der Waals surface area contributed by atoms with E-state index >= 15 is 0 Å². The third-order valence-corrected chi connectivity index (χ3v) is 5.41. The maximum Gasteiger partial charge on any atom is 0.295 e. The van der Waals surface area contributed by atoms with Gasteiger partial charge in [0.25, 0.3) is 11.7 Å². The van der Waals surface area contributed by atoms with E-state index in [1.54, 1.807) is 55.5 Å². The van der Waals surface area contributed by atoms with Gasteiger partial charge in [-0.3, -0.25) is 9.59 Å². The lowest BCUT2D eigenvalue weighted by Gasteiger charge is -2.25. The Kier molecular flexibility index (Phi) is 6.97. The summed E-state index contributed by atoms with van der Waals surface area (Å²) in [6.45, 7) is 1.28. The number of rotatable bonds is 8. The summed E-state index contributed by atoms with van der Waals surface area (Å²) in [6, 6.07) is 13.3.